The van der Waals surface area contributed by atoms with Gasteiger partial charge in [0.1, 0.15) is 5.82 Å². The molecule has 1 rings (SSSR count). The van der Waals surface area contributed by atoms with E-state index >= 15 is 0 Å². The molecule has 0 bridgehead atoms. The smallest absolute Gasteiger partial charge is 0.126 e. The molecule has 4 N–H and O–H groups in total. The SMILES string of the molecule is Cc1nc(NCC(O)CC(C)C)ccc1N. The molecule has 1 aromatic rings. The first-order chi connectivity index (χ1) is 7.49. The summed E-state index contributed by atoms with van der Waals surface area (Å²) in [7, 11) is 0. The van der Waals surface area contributed by atoms with E-state index < -0.39 is 0 Å². The minimum absolute atomic E-state index is 0.334. The second-order valence-corrected chi connectivity index (χ2v) is 4.54. The molecular weight excluding hydrogens is 202 g/mol. The van der Waals surface area contributed by atoms with Crippen molar-refractivity contribution in [1.82, 2.24) is 4.98 Å². The minimum atomic E-state index is -0.334. The molecule has 0 radical (unpaired) electrons. The number of pyridine rings is 1. The van der Waals surface area contributed by atoms with E-state index in [-0.39, 0.29) is 6.10 Å². The molecule has 1 unspecified atom stereocenters. The zero-order chi connectivity index (χ0) is 12.1. The number of hydrogen-bond donors (Lipinski definition) is 3. The van der Waals surface area contributed by atoms with Crippen LogP contribution < -0.4 is 11.1 Å². The van der Waals surface area contributed by atoms with Gasteiger partial charge in [-0.2, -0.15) is 0 Å². The van der Waals surface area contributed by atoms with Gasteiger partial charge in [-0.05, 0) is 31.4 Å². The zero-order valence-electron chi connectivity index (χ0n) is 10.2. The van der Waals surface area contributed by atoms with Crippen molar-refractivity contribution in [2.45, 2.75) is 33.3 Å². The van der Waals surface area contributed by atoms with Crippen molar-refractivity contribution >= 4 is 11.5 Å². The Labute approximate surface area is 96.9 Å². The van der Waals surface area contributed by atoms with Crippen molar-refractivity contribution in [2.75, 3.05) is 17.6 Å². The molecule has 0 aromatic carbocycles. The first-order valence-corrected chi connectivity index (χ1v) is 5.64. The third kappa shape index (κ3) is 4.06. The molecule has 16 heavy (non-hydrogen) atoms. The highest BCUT2D eigenvalue weighted by Gasteiger charge is 2.07. The Morgan fingerprint density at radius 2 is 2.12 bits per heavy atom. The van der Waals surface area contributed by atoms with Crippen molar-refractivity contribution in [3.63, 3.8) is 0 Å². The lowest BCUT2D eigenvalue weighted by Crippen LogP contribution is -2.21. The van der Waals surface area contributed by atoms with Crippen LogP contribution >= 0.6 is 0 Å². The van der Waals surface area contributed by atoms with Gasteiger partial charge in [0.15, 0.2) is 0 Å². The summed E-state index contributed by atoms with van der Waals surface area (Å²) in [5.41, 5.74) is 7.17. The number of nitrogens with one attached hydrogen (secondary N) is 1. The molecule has 1 atom stereocenters. The summed E-state index contributed by atoms with van der Waals surface area (Å²) >= 11 is 0. The number of rotatable bonds is 5. The number of nitrogen functional groups attached to an aromatic ring is 1. The Balaban J connectivity index is 2.45. The average Bonchev–Trinajstić information content (AvgIpc) is 2.19. The summed E-state index contributed by atoms with van der Waals surface area (Å²) < 4.78 is 0. The van der Waals surface area contributed by atoms with Gasteiger partial charge in [0, 0.05) is 6.54 Å². The Morgan fingerprint density at radius 1 is 1.44 bits per heavy atom. The lowest BCUT2D eigenvalue weighted by atomic mass is 10.1. The maximum Gasteiger partial charge on any atom is 0.126 e. The molecule has 0 aliphatic carbocycles. The molecule has 0 fully saturated rings. The van der Waals surface area contributed by atoms with Gasteiger partial charge in [-0.25, -0.2) is 4.98 Å². The topological polar surface area (TPSA) is 71.2 Å². The Morgan fingerprint density at radius 3 is 2.69 bits per heavy atom. The van der Waals surface area contributed by atoms with Crippen molar-refractivity contribution in [2.24, 2.45) is 5.92 Å². The molecule has 0 amide bonds. The van der Waals surface area contributed by atoms with Gasteiger partial charge in [0.2, 0.25) is 0 Å². The van der Waals surface area contributed by atoms with Crippen molar-refractivity contribution in [1.29, 1.82) is 0 Å². The largest absolute Gasteiger partial charge is 0.397 e. The molecule has 0 aliphatic heterocycles. The van der Waals surface area contributed by atoms with Gasteiger partial charge < -0.3 is 16.2 Å². The predicted molar refractivity (Wildman–Crippen MR) is 67.3 cm³/mol. The van der Waals surface area contributed by atoms with Crippen LogP contribution in [0.25, 0.3) is 0 Å². The second-order valence-electron chi connectivity index (χ2n) is 4.54. The second kappa shape index (κ2) is 5.70. The van der Waals surface area contributed by atoms with Crippen molar-refractivity contribution in [3.8, 4) is 0 Å². The highest BCUT2D eigenvalue weighted by atomic mass is 16.3. The third-order valence-electron chi connectivity index (χ3n) is 2.39. The van der Waals surface area contributed by atoms with Gasteiger partial charge in [-0.3, -0.25) is 0 Å². The quantitative estimate of drug-likeness (QED) is 0.711. The number of aliphatic hydroxyl groups is 1. The van der Waals surface area contributed by atoms with Crippen molar-refractivity contribution < 1.29 is 5.11 Å². The Kier molecular flexibility index (Phi) is 4.55. The van der Waals surface area contributed by atoms with Crippen LogP contribution in [0, 0.1) is 12.8 Å². The molecule has 0 saturated heterocycles. The van der Waals surface area contributed by atoms with E-state index in [4.69, 9.17) is 5.73 Å². The van der Waals surface area contributed by atoms with E-state index in [1.807, 2.05) is 19.1 Å². The molecule has 90 valence electrons. The average molecular weight is 223 g/mol. The van der Waals surface area contributed by atoms with Gasteiger partial charge in [0.25, 0.3) is 0 Å². The van der Waals surface area contributed by atoms with E-state index in [0.29, 0.717) is 18.2 Å². The molecule has 1 heterocycles. The number of anilines is 2. The van der Waals surface area contributed by atoms with E-state index in [1.54, 1.807) is 0 Å². The van der Waals surface area contributed by atoms with Crippen molar-refractivity contribution in [3.05, 3.63) is 17.8 Å². The Bertz CT molecular complexity index is 339. The minimum Gasteiger partial charge on any atom is -0.397 e. The normalized spacial score (nSPS) is 12.8. The monoisotopic (exact) mass is 223 g/mol. The predicted octanol–water partition coefficient (Wildman–Crippen LogP) is 1.79. The molecule has 4 heteroatoms. The fourth-order valence-electron chi connectivity index (χ4n) is 1.52. The maximum atomic E-state index is 9.69. The highest BCUT2D eigenvalue weighted by molar-refractivity contribution is 5.48. The van der Waals surface area contributed by atoms with Crippen LogP contribution in [-0.4, -0.2) is 22.7 Å². The number of aryl methyl sites for hydroxylation is 1. The van der Waals surface area contributed by atoms with Gasteiger partial charge in [-0.15, -0.1) is 0 Å². The number of aromatic nitrogens is 1. The van der Waals surface area contributed by atoms with Crippen LogP contribution in [-0.2, 0) is 0 Å². The Hall–Kier alpha value is -1.29. The number of nitrogens with zero attached hydrogens (tertiary/aromatic N) is 1. The van der Waals surface area contributed by atoms with Crippen LogP contribution in [0.4, 0.5) is 11.5 Å². The molecule has 0 aliphatic rings. The standard InChI is InChI=1S/C12H21N3O/c1-8(2)6-10(16)7-14-12-5-4-11(13)9(3)15-12/h4-5,8,10,16H,6-7,13H2,1-3H3,(H,14,15). The zero-order valence-corrected chi connectivity index (χ0v) is 10.2. The lowest BCUT2D eigenvalue weighted by molar-refractivity contribution is 0.161. The molecular formula is C12H21N3O. The summed E-state index contributed by atoms with van der Waals surface area (Å²) in [6, 6.07) is 3.64. The van der Waals surface area contributed by atoms with Gasteiger partial charge in [-0.1, -0.05) is 13.8 Å². The van der Waals surface area contributed by atoms with E-state index in [0.717, 1.165) is 17.9 Å². The number of nitrogens with two attached hydrogens (primary N) is 1. The third-order valence-corrected chi connectivity index (χ3v) is 2.39. The first kappa shape index (κ1) is 12.8. The van der Waals surface area contributed by atoms with E-state index in [1.165, 1.54) is 0 Å². The molecule has 1 aromatic heterocycles. The van der Waals surface area contributed by atoms with Gasteiger partial charge in [0.05, 0.1) is 17.5 Å². The first-order valence-electron chi connectivity index (χ1n) is 5.64. The summed E-state index contributed by atoms with van der Waals surface area (Å²) in [6.45, 7) is 6.57. The summed E-state index contributed by atoms with van der Waals surface area (Å²) in [5, 5.41) is 12.8. The number of hydrogen-bond acceptors (Lipinski definition) is 4. The van der Waals surface area contributed by atoms with Crippen LogP contribution in [0.2, 0.25) is 0 Å². The van der Waals surface area contributed by atoms with Crippen LogP contribution in [0.3, 0.4) is 0 Å². The molecule has 0 saturated carbocycles. The molecule has 4 nitrogen and oxygen atoms in total. The fraction of sp³-hybridized carbons (Fsp3) is 0.583. The van der Waals surface area contributed by atoms with Crippen LogP contribution in [0.15, 0.2) is 12.1 Å². The summed E-state index contributed by atoms with van der Waals surface area (Å²) in [5.74, 6) is 1.26. The lowest BCUT2D eigenvalue weighted by Gasteiger charge is -2.14. The van der Waals surface area contributed by atoms with Crippen LogP contribution in [0.1, 0.15) is 26.0 Å². The van der Waals surface area contributed by atoms with E-state index in [2.05, 4.69) is 24.1 Å². The molecule has 0 spiro atoms. The van der Waals surface area contributed by atoms with E-state index in [9.17, 15) is 5.11 Å². The van der Waals surface area contributed by atoms with Gasteiger partial charge >= 0.3 is 0 Å². The highest BCUT2D eigenvalue weighted by Crippen LogP contribution is 2.12. The van der Waals surface area contributed by atoms with Crippen LogP contribution in [0.5, 0.6) is 0 Å². The number of aliphatic hydroxyl groups excluding tert-OH is 1. The maximum absolute atomic E-state index is 9.69. The summed E-state index contributed by atoms with van der Waals surface area (Å²) in [4.78, 5) is 4.28. The summed E-state index contributed by atoms with van der Waals surface area (Å²) in [6.07, 6.45) is 0.459. The fourth-order valence-corrected chi connectivity index (χ4v) is 1.52.